The molecule has 12 nitrogen and oxygen atoms in total. The molecule has 0 amide bonds. The molecule has 196 valence electrons. The molecule has 2 aromatic heterocycles. The zero-order chi connectivity index (χ0) is 26.6. The van der Waals surface area contributed by atoms with Crippen molar-refractivity contribution in [1.82, 2.24) is 0 Å². The van der Waals surface area contributed by atoms with Crippen molar-refractivity contribution in [3.05, 3.63) is 19.5 Å². The summed E-state index contributed by atoms with van der Waals surface area (Å²) in [6, 6.07) is 0. The van der Waals surface area contributed by atoms with Crippen molar-refractivity contribution in [2.75, 3.05) is 13.2 Å². The molecule has 0 aromatic carbocycles. The van der Waals surface area contributed by atoms with E-state index in [2.05, 4.69) is 0 Å². The second-order valence-corrected chi connectivity index (χ2v) is 9.78. The van der Waals surface area contributed by atoms with Crippen molar-refractivity contribution < 1.29 is 58.6 Å². The topological polar surface area (TPSA) is 186 Å². The fourth-order valence-electron chi connectivity index (χ4n) is 3.52. The Labute approximate surface area is 212 Å². The van der Waals surface area contributed by atoms with Gasteiger partial charge in [-0.1, -0.05) is 26.7 Å². The third-order valence-corrected chi connectivity index (χ3v) is 7.30. The van der Waals surface area contributed by atoms with Gasteiger partial charge < -0.3 is 39.4 Å². The van der Waals surface area contributed by atoms with Crippen LogP contribution in [0.4, 0.5) is 0 Å². The van der Waals surface area contributed by atoms with E-state index >= 15 is 0 Å². The SMILES string of the molecule is CCCC1COc2c(C(=O)O)sc(C(=O)O)c2O1.CCCC1COc2c(C(=O)O)sc(C(=O)O)c2O1. The number of carbonyl (C=O) groups is 4. The van der Waals surface area contributed by atoms with Crippen LogP contribution in [0.1, 0.15) is 78.2 Å². The molecule has 2 aliphatic heterocycles. The van der Waals surface area contributed by atoms with Gasteiger partial charge in [0.25, 0.3) is 0 Å². The summed E-state index contributed by atoms with van der Waals surface area (Å²) in [5.74, 6) is -4.64. The molecule has 2 atom stereocenters. The van der Waals surface area contributed by atoms with E-state index < -0.39 is 23.9 Å². The van der Waals surface area contributed by atoms with Crippen molar-refractivity contribution in [1.29, 1.82) is 0 Å². The van der Waals surface area contributed by atoms with Crippen LogP contribution in [-0.4, -0.2) is 69.7 Å². The third kappa shape index (κ3) is 5.65. The van der Waals surface area contributed by atoms with Crippen LogP contribution >= 0.6 is 22.7 Å². The van der Waals surface area contributed by atoms with Crippen molar-refractivity contribution in [2.45, 2.75) is 51.7 Å². The highest BCUT2D eigenvalue weighted by Gasteiger charge is 2.35. The minimum absolute atomic E-state index is 0.0391. The second kappa shape index (κ2) is 11.5. The Morgan fingerprint density at radius 2 is 0.944 bits per heavy atom. The van der Waals surface area contributed by atoms with E-state index in [1.54, 1.807) is 0 Å². The Hall–Kier alpha value is -3.52. The number of aromatic carboxylic acids is 4. The molecule has 2 unspecified atom stereocenters. The van der Waals surface area contributed by atoms with Gasteiger partial charge in [-0.25, -0.2) is 19.2 Å². The molecule has 0 saturated carbocycles. The van der Waals surface area contributed by atoms with E-state index in [-0.39, 0.29) is 67.9 Å². The van der Waals surface area contributed by atoms with E-state index in [4.69, 9.17) is 39.4 Å². The molecule has 0 saturated heterocycles. The normalized spacial score (nSPS) is 17.5. The van der Waals surface area contributed by atoms with E-state index in [9.17, 15) is 19.2 Å². The summed E-state index contributed by atoms with van der Waals surface area (Å²) in [5, 5.41) is 36.0. The average Bonchev–Trinajstić information content (AvgIpc) is 3.39. The van der Waals surface area contributed by atoms with E-state index in [0.717, 1.165) is 25.7 Å². The fourth-order valence-corrected chi connectivity index (χ4v) is 5.24. The van der Waals surface area contributed by atoms with E-state index in [1.807, 2.05) is 13.8 Å². The monoisotopic (exact) mass is 544 g/mol. The Balaban J connectivity index is 0.000000201. The maximum absolute atomic E-state index is 11.1. The Morgan fingerprint density at radius 1 is 0.639 bits per heavy atom. The molecule has 4 N–H and O–H groups in total. The number of carboxylic acids is 4. The smallest absolute Gasteiger partial charge is 0.349 e. The van der Waals surface area contributed by atoms with Gasteiger partial charge in [-0.15, -0.1) is 22.7 Å². The molecular formula is C22H24O12S2. The number of hydrogen-bond acceptors (Lipinski definition) is 10. The van der Waals surface area contributed by atoms with Crippen LogP contribution in [0.3, 0.4) is 0 Å². The first-order valence-electron chi connectivity index (χ1n) is 10.9. The highest BCUT2D eigenvalue weighted by atomic mass is 32.1. The van der Waals surface area contributed by atoms with Gasteiger partial charge in [0.1, 0.15) is 25.4 Å². The highest BCUT2D eigenvalue weighted by molar-refractivity contribution is 7.17. The van der Waals surface area contributed by atoms with E-state index in [1.165, 1.54) is 0 Å². The van der Waals surface area contributed by atoms with Crippen molar-refractivity contribution in [3.63, 3.8) is 0 Å². The molecular weight excluding hydrogens is 520 g/mol. The lowest BCUT2D eigenvalue weighted by Gasteiger charge is -2.24. The largest absolute Gasteiger partial charge is 0.484 e. The first-order chi connectivity index (χ1) is 17.1. The van der Waals surface area contributed by atoms with Gasteiger partial charge in [0.15, 0.2) is 42.5 Å². The van der Waals surface area contributed by atoms with Gasteiger partial charge >= 0.3 is 23.9 Å². The van der Waals surface area contributed by atoms with Crippen LogP contribution in [0.25, 0.3) is 0 Å². The number of rotatable bonds is 8. The minimum atomic E-state index is -1.21. The lowest BCUT2D eigenvalue weighted by atomic mass is 10.2. The van der Waals surface area contributed by atoms with Crippen molar-refractivity contribution in [3.8, 4) is 23.0 Å². The standard InChI is InChI=1S/2C11H12O6S/c2*1-2-3-5-4-16-6-7(17-5)9(11(14)15)18-8(6)10(12)13/h2*5H,2-4H2,1H3,(H,12,13)(H,14,15). The Kier molecular flexibility index (Phi) is 8.63. The molecule has 2 aliphatic rings. The van der Waals surface area contributed by atoms with Crippen molar-refractivity contribution in [2.24, 2.45) is 0 Å². The van der Waals surface area contributed by atoms with Gasteiger partial charge in [-0.2, -0.15) is 0 Å². The quantitative estimate of drug-likeness (QED) is 0.372. The lowest BCUT2D eigenvalue weighted by molar-refractivity contribution is 0.0624. The van der Waals surface area contributed by atoms with Crippen LogP contribution in [0.5, 0.6) is 23.0 Å². The molecule has 4 heterocycles. The second-order valence-electron chi connectivity index (χ2n) is 7.74. The number of hydrogen-bond donors (Lipinski definition) is 4. The van der Waals surface area contributed by atoms with Gasteiger partial charge in [0.05, 0.1) is 0 Å². The van der Waals surface area contributed by atoms with Crippen LogP contribution < -0.4 is 18.9 Å². The zero-order valence-corrected chi connectivity index (χ0v) is 20.9. The number of fused-ring (bicyclic) bond motifs is 2. The first-order valence-corrected chi connectivity index (χ1v) is 12.6. The molecule has 0 radical (unpaired) electrons. The number of carboxylic acid groups (broad SMARTS) is 4. The molecule has 4 rings (SSSR count). The van der Waals surface area contributed by atoms with Crippen LogP contribution in [0.2, 0.25) is 0 Å². The first kappa shape index (κ1) is 27.1. The van der Waals surface area contributed by atoms with Crippen molar-refractivity contribution >= 4 is 46.6 Å². The summed E-state index contributed by atoms with van der Waals surface area (Å²) < 4.78 is 21.8. The minimum Gasteiger partial charge on any atom is -0.484 e. The van der Waals surface area contributed by atoms with Gasteiger partial charge in [-0.05, 0) is 12.8 Å². The summed E-state index contributed by atoms with van der Waals surface area (Å²) in [5.41, 5.74) is 0. The fraction of sp³-hybridized carbons (Fsp3) is 0.455. The van der Waals surface area contributed by atoms with E-state index in [0.29, 0.717) is 22.7 Å². The third-order valence-electron chi connectivity index (χ3n) is 5.04. The average molecular weight is 545 g/mol. The summed E-state index contributed by atoms with van der Waals surface area (Å²) in [6.07, 6.45) is 2.77. The molecule has 0 aliphatic carbocycles. The Bertz CT molecular complexity index is 1070. The summed E-state index contributed by atoms with van der Waals surface area (Å²) in [4.78, 5) is 43.6. The summed E-state index contributed by atoms with van der Waals surface area (Å²) >= 11 is 1.33. The molecule has 0 spiro atoms. The Morgan fingerprint density at radius 3 is 1.22 bits per heavy atom. The van der Waals surface area contributed by atoms with Gasteiger partial charge in [0, 0.05) is 0 Å². The molecule has 2 aromatic rings. The summed E-state index contributed by atoms with van der Waals surface area (Å²) in [6.45, 7) is 4.45. The van der Waals surface area contributed by atoms with Crippen LogP contribution in [0, 0.1) is 0 Å². The van der Waals surface area contributed by atoms with Crippen LogP contribution in [0.15, 0.2) is 0 Å². The zero-order valence-electron chi connectivity index (χ0n) is 19.3. The predicted octanol–water partition coefficient (Wildman–Crippen LogP) is 4.17. The van der Waals surface area contributed by atoms with Gasteiger partial charge in [0.2, 0.25) is 0 Å². The number of thiophene rings is 2. The molecule has 0 fully saturated rings. The lowest BCUT2D eigenvalue weighted by Crippen LogP contribution is -2.29. The molecule has 0 bridgehead atoms. The molecule has 14 heteroatoms. The van der Waals surface area contributed by atoms with Gasteiger partial charge in [-0.3, -0.25) is 0 Å². The van der Waals surface area contributed by atoms with Crippen LogP contribution in [-0.2, 0) is 0 Å². The maximum Gasteiger partial charge on any atom is 0.349 e. The predicted molar refractivity (Wildman–Crippen MR) is 126 cm³/mol. The highest BCUT2D eigenvalue weighted by Crippen LogP contribution is 2.46. The maximum atomic E-state index is 11.1. The molecule has 36 heavy (non-hydrogen) atoms. The summed E-state index contributed by atoms with van der Waals surface area (Å²) in [7, 11) is 0. The number of ether oxygens (including phenoxy) is 4.